The normalized spacial score (nSPS) is 25.2. The van der Waals surface area contributed by atoms with E-state index in [4.69, 9.17) is 9.47 Å². The molecule has 0 aromatic carbocycles. The number of allylic oxidation sites excluding steroid dienone is 1. The van der Waals surface area contributed by atoms with E-state index < -0.39 is 0 Å². The van der Waals surface area contributed by atoms with Gasteiger partial charge in [0.15, 0.2) is 0 Å². The molecule has 0 aromatic rings. The summed E-state index contributed by atoms with van der Waals surface area (Å²) in [6, 6.07) is 0. The number of rotatable bonds is 3. The van der Waals surface area contributed by atoms with E-state index in [9.17, 15) is 0 Å². The minimum Gasteiger partial charge on any atom is -0.501 e. The van der Waals surface area contributed by atoms with Gasteiger partial charge in [0, 0.05) is 18.6 Å². The summed E-state index contributed by atoms with van der Waals surface area (Å²) >= 11 is 0. The standard InChI is InChI=1S/C14H24O2/c1-14(7-9-15-10-8-14)12-16-11-13-5-3-2-4-6-13/h11H,2-10,12H2,1H3. The lowest BCUT2D eigenvalue weighted by Gasteiger charge is -2.32. The molecule has 0 N–H and O–H groups in total. The van der Waals surface area contributed by atoms with E-state index in [-0.39, 0.29) is 0 Å². The lowest BCUT2D eigenvalue weighted by atomic mass is 9.83. The Bertz CT molecular complexity index is 231. The molecule has 2 aliphatic rings. The van der Waals surface area contributed by atoms with Gasteiger partial charge in [-0.25, -0.2) is 0 Å². The molecule has 2 fully saturated rings. The lowest BCUT2D eigenvalue weighted by molar-refractivity contribution is -0.00954. The zero-order chi connectivity index (χ0) is 11.3. The predicted octanol–water partition coefficient (Wildman–Crippen LogP) is 3.67. The van der Waals surface area contributed by atoms with E-state index in [2.05, 4.69) is 6.92 Å². The highest BCUT2D eigenvalue weighted by atomic mass is 16.5. The van der Waals surface area contributed by atoms with Gasteiger partial charge in [-0.15, -0.1) is 0 Å². The Morgan fingerprint density at radius 3 is 2.56 bits per heavy atom. The van der Waals surface area contributed by atoms with Gasteiger partial charge >= 0.3 is 0 Å². The number of hydrogen-bond acceptors (Lipinski definition) is 2. The van der Waals surface area contributed by atoms with Crippen molar-refractivity contribution < 1.29 is 9.47 Å². The summed E-state index contributed by atoms with van der Waals surface area (Å²) in [5.41, 5.74) is 1.85. The second-order valence-electron chi connectivity index (χ2n) is 5.57. The lowest BCUT2D eigenvalue weighted by Crippen LogP contribution is -2.30. The Labute approximate surface area is 99.0 Å². The van der Waals surface area contributed by atoms with E-state index in [0.29, 0.717) is 5.41 Å². The van der Waals surface area contributed by atoms with Crippen LogP contribution in [0.15, 0.2) is 11.8 Å². The number of ether oxygens (including phenoxy) is 2. The van der Waals surface area contributed by atoms with Gasteiger partial charge in [0.05, 0.1) is 12.9 Å². The summed E-state index contributed by atoms with van der Waals surface area (Å²) in [7, 11) is 0. The summed E-state index contributed by atoms with van der Waals surface area (Å²) in [5.74, 6) is 0. The third kappa shape index (κ3) is 3.51. The zero-order valence-electron chi connectivity index (χ0n) is 10.5. The quantitative estimate of drug-likeness (QED) is 0.681. The second-order valence-corrected chi connectivity index (χ2v) is 5.57. The largest absolute Gasteiger partial charge is 0.501 e. The van der Waals surface area contributed by atoms with Crippen molar-refractivity contribution in [3.05, 3.63) is 11.8 Å². The van der Waals surface area contributed by atoms with Crippen molar-refractivity contribution in [2.75, 3.05) is 19.8 Å². The Morgan fingerprint density at radius 1 is 1.19 bits per heavy atom. The van der Waals surface area contributed by atoms with Gasteiger partial charge in [-0.1, -0.05) is 13.3 Å². The van der Waals surface area contributed by atoms with Crippen LogP contribution in [0.1, 0.15) is 51.9 Å². The minimum absolute atomic E-state index is 0.337. The summed E-state index contributed by atoms with van der Waals surface area (Å²) in [6.07, 6.45) is 10.9. The zero-order valence-corrected chi connectivity index (χ0v) is 10.5. The van der Waals surface area contributed by atoms with E-state index in [1.54, 1.807) is 0 Å². The minimum atomic E-state index is 0.337. The van der Waals surface area contributed by atoms with Crippen molar-refractivity contribution in [1.29, 1.82) is 0 Å². The van der Waals surface area contributed by atoms with Crippen LogP contribution >= 0.6 is 0 Å². The highest BCUT2D eigenvalue weighted by molar-refractivity contribution is 5.00. The molecule has 1 saturated heterocycles. The van der Waals surface area contributed by atoms with E-state index in [0.717, 1.165) is 32.7 Å². The third-order valence-electron chi connectivity index (χ3n) is 3.88. The highest BCUT2D eigenvalue weighted by Crippen LogP contribution is 2.30. The molecule has 0 radical (unpaired) electrons. The maximum atomic E-state index is 5.80. The molecule has 0 spiro atoms. The maximum absolute atomic E-state index is 5.80. The number of hydrogen-bond donors (Lipinski definition) is 0. The molecular formula is C14H24O2. The first-order valence-electron chi connectivity index (χ1n) is 6.66. The molecule has 2 rings (SSSR count). The van der Waals surface area contributed by atoms with Gasteiger partial charge < -0.3 is 9.47 Å². The highest BCUT2D eigenvalue weighted by Gasteiger charge is 2.27. The van der Waals surface area contributed by atoms with Crippen LogP contribution in [-0.4, -0.2) is 19.8 Å². The summed E-state index contributed by atoms with van der Waals surface area (Å²) in [4.78, 5) is 0. The van der Waals surface area contributed by atoms with Gasteiger partial charge in [0.2, 0.25) is 0 Å². The molecule has 2 heteroatoms. The topological polar surface area (TPSA) is 18.5 Å². The van der Waals surface area contributed by atoms with Crippen molar-refractivity contribution in [1.82, 2.24) is 0 Å². The predicted molar refractivity (Wildman–Crippen MR) is 65.3 cm³/mol. The smallest absolute Gasteiger partial charge is 0.0928 e. The first-order chi connectivity index (χ1) is 7.79. The first kappa shape index (κ1) is 12.0. The SMILES string of the molecule is CC1(COC=C2CCCCC2)CCOCC1. The molecule has 0 atom stereocenters. The molecule has 1 aliphatic carbocycles. The molecule has 92 valence electrons. The van der Waals surface area contributed by atoms with Crippen LogP contribution < -0.4 is 0 Å². The molecule has 0 amide bonds. The fourth-order valence-corrected chi connectivity index (χ4v) is 2.49. The van der Waals surface area contributed by atoms with Gasteiger partial charge in [-0.05, 0) is 44.1 Å². The van der Waals surface area contributed by atoms with Gasteiger partial charge in [0.25, 0.3) is 0 Å². The second kappa shape index (κ2) is 5.72. The monoisotopic (exact) mass is 224 g/mol. The molecular weight excluding hydrogens is 200 g/mol. The molecule has 2 nitrogen and oxygen atoms in total. The molecule has 0 bridgehead atoms. The average Bonchev–Trinajstić information content (AvgIpc) is 2.31. The maximum Gasteiger partial charge on any atom is 0.0928 e. The van der Waals surface area contributed by atoms with Crippen molar-refractivity contribution in [3.63, 3.8) is 0 Å². The molecule has 1 saturated carbocycles. The summed E-state index contributed by atoms with van der Waals surface area (Å²) in [6.45, 7) is 4.97. The van der Waals surface area contributed by atoms with Crippen molar-refractivity contribution in [2.45, 2.75) is 51.9 Å². The first-order valence-corrected chi connectivity index (χ1v) is 6.66. The fourth-order valence-electron chi connectivity index (χ4n) is 2.49. The summed E-state index contributed by atoms with van der Waals surface area (Å²) < 4.78 is 11.2. The molecule has 1 aliphatic heterocycles. The van der Waals surface area contributed by atoms with Crippen LogP contribution in [0, 0.1) is 5.41 Å². The van der Waals surface area contributed by atoms with Crippen LogP contribution in [0.5, 0.6) is 0 Å². The Morgan fingerprint density at radius 2 is 1.88 bits per heavy atom. The Kier molecular flexibility index (Phi) is 4.28. The van der Waals surface area contributed by atoms with Crippen LogP contribution in [0.25, 0.3) is 0 Å². The van der Waals surface area contributed by atoms with Gasteiger partial charge in [0.1, 0.15) is 0 Å². The van der Waals surface area contributed by atoms with E-state index in [1.807, 2.05) is 6.26 Å². The van der Waals surface area contributed by atoms with Gasteiger partial charge in [-0.3, -0.25) is 0 Å². The molecule has 0 unspecified atom stereocenters. The van der Waals surface area contributed by atoms with Gasteiger partial charge in [-0.2, -0.15) is 0 Å². The van der Waals surface area contributed by atoms with Crippen molar-refractivity contribution in [3.8, 4) is 0 Å². The van der Waals surface area contributed by atoms with Crippen LogP contribution in [0.2, 0.25) is 0 Å². The Hall–Kier alpha value is -0.500. The average molecular weight is 224 g/mol. The summed E-state index contributed by atoms with van der Waals surface area (Å²) in [5, 5.41) is 0. The third-order valence-corrected chi connectivity index (χ3v) is 3.88. The fraction of sp³-hybridized carbons (Fsp3) is 0.857. The van der Waals surface area contributed by atoms with Crippen LogP contribution in [-0.2, 0) is 9.47 Å². The molecule has 1 heterocycles. The van der Waals surface area contributed by atoms with Crippen molar-refractivity contribution in [2.24, 2.45) is 5.41 Å². The molecule has 0 aromatic heterocycles. The Balaban J connectivity index is 1.73. The molecule has 16 heavy (non-hydrogen) atoms. The van der Waals surface area contributed by atoms with Crippen LogP contribution in [0.4, 0.5) is 0 Å². The van der Waals surface area contributed by atoms with E-state index in [1.165, 1.54) is 37.7 Å². The van der Waals surface area contributed by atoms with Crippen LogP contribution in [0.3, 0.4) is 0 Å². The van der Waals surface area contributed by atoms with Crippen molar-refractivity contribution >= 4 is 0 Å². The van der Waals surface area contributed by atoms with E-state index >= 15 is 0 Å².